The number of amides is 1. The molecule has 25 heavy (non-hydrogen) atoms. The van der Waals surface area contributed by atoms with Gasteiger partial charge in [-0.05, 0) is 45.9 Å². The highest BCUT2D eigenvalue weighted by molar-refractivity contribution is 5.89. The lowest BCUT2D eigenvalue weighted by molar-refractivity contribution is -0.143. The number of nitrogens with one attached hydrogen (secondary N) is 1. The van der Waals surface area contributed by atoms with Crippen molar-refractivity contribution < 1.29 is 14.3 Å². The first-order valence-electron chi connectivity index (χ1n) is 8.14. The Morgan fingerprint density at radius 3 is 2.56 bits per heavy atom. The number of aromatic nitrogens is 2. The molecular weight excluding hydrogens is 318 g/mol. The van der Waals surface area contributed by atoms with E-state index in [1.54, 1.807) is 6.08 Å². The summed E-state index contributed by atoms with van der Waals surface area (Å²) in [5.74, 6) is -0.883. The van der Waals surface area contributed by atoms with Gasteiger partial charge in [-0.15, -0.1) is 0 Å². The smallest absolute Gasteiger partial charge is 0.331 e. The Hall–Kier alpha value is -2.89. The van der Waals surface area contributed by atoms with Crippen LogP contribution in [0.1, 0.15) is 30.8 Å². The van der Waals surface area contributed by atoms with Crippen molar-refractivity contribution in [3.63, 3.8) is 0 Å². The zero-order chi connectivity index (χ0) is 18.4. The molecular formula is C19H23N3O3. The lowest BCUT2D eigenvalue weighted by atomic mass is 10.2. The van der Waals surface area contributed by atoms with Crippen molar-refractivity contribution in [2.75, 3.05) is 6.61 Å². The maximum Gasteiger partial charge on any atom is 0.331 e. The Bertz CT molecular complexity index is 777. The highest BCUT2D eigenvalue weighted by atomic mass is 16.5. The van der Waals surface area contributed by atoms with Crippen LogP contribution in [0.5, 0.6) is 0 Å². The van der Waals surface area contributed by atoms with Gasteiger partial charge in [-0.2, -0.15) is 5.10 Å². The molecule has 0 bridgehead atoms. The number of rotatable bonds is 6. The van der Waals surface area contributed by atoms with Gasteiger partial charge in [-0.3, -0.25) is 4.79 Å². The summed E-state index contributed by atoms with van der Waals surface area (Å²) >= 11 is 0. The average molecular weight is 341 g/mol. The normalized spacial score (nSPS) is 11.1. The molecule has 0 aliphatic carbocycles. The molecule has 1 aromatic carbocycles. The molecule has 0 saturated carbocycles. The minimum atomic E-state index is -0.565. The van der Waals surface area contributed by atoms with Crippen molar-refractivity contribution in [2.45, 2.75) is 33.7 Å². The summed E-state index contributed by atoms with van der Waals surface area (Å²) in [5.41, 5.74) is 3.54. The first-order valence-corrected chi connectivity index (χ1v) is 8.14. The Morgan fingerprint density at radius 1 is 1.24 bits per heavy atom. The quantitative estimate of drug-likeness (QED) is 0.647. The minimum Gasteiger partial charge on any atom is -0.452 e. The fraction of sp³-hybridized carbons (Fsp3) is 0.316. The number of hydrogen-bond donors (Lipinski definition) is 1. The molecule has 132 valence electrons. The maximum atomic E-state index is 11.8. The molecule has 0 saturated heterocycles. The zero-order valence-electron chi connectivity index (χ0n) is 14.9. The van der Waals surface area contributed by atoms with E-state index in [0.717, 1.165) is 22.6 Å². The number of aryl methyl sites for hydroxylation is 1. The number of para-hydroxylation sites is 1. The molecule has 2 aromatic rings. The van der Waals surface area contributed by atoms with E-state index in [4.69, 9.17) is 4.74 Å². The first-order chi connectivity index (χ1) is 11.9. The fourth-order valence-corrected chi connectivity index (χ4v) is 2.42. The van der Waals surface area contributed by atoms with Crippen LogP contribution >= 0.6 is 0 Å². The summed E-state index contributed by atoms with van der Waals surface area (Å²) in [6, 6.07) is 9.78. The van der Waals surface area contributed by atoms with Crippen LogP contribution in [-0.4, -0.2) is 34.3 Å². The molecule has 0 aliphatic rings. The summed E-state index contributed by atoms with van der Waals surface area (Å²) in [4.78, 5) is 23.3. The average Bonchev–Trinajstić information content (AvgIpc) is 2.85. The standard InChI is InChI=1S/C19H23N3O3/c1-13(2)20-18(23)12-25-19(24)11-10-17-14(3)21-22(15(17)4)16-8-6-5-7-9-16/h5-11,13H,12H2,1-4H3,(H,20,23)/b11-10+. The lowest BCUT2D eigenvalue weighted by Gasteiger charge is -2.07. The molecule has 6 heteroatoms. The van der Waals surface area contributed by atoms with Gasteiger partial charge in [0.05, 0.1) is 11.4 Å². The second-order valence-corrected chi connectivity index (χ2v) is 6.00. The van der Waals surface area contributed by atoms with Crippen molar-refractivity contribution in [3.8, 4) is 5.69 Å². The van der Waals surface area contributed by atoms with E-state index in [-0.39, 0.29) is 18.6 Å². The maximum absolute atomic E-state index is 11.8. The summed E-state index contributed by atoms with van der Waals surface area (Å²) in [6.07, 6.45) is 2.98. The zero-order valence-corrected chi connectivity index (χ0v) is 14.9. The number of benzene rings is 1. The third kappa shape index (κ3) is 5.04. The van der Waals surface area contributed by atoms with Crippen LogP contribution in [0.3, 0.4) is 0 Å². The molecule has 0 radical (unpaired) electrons. The van der Waals surface area contributed by atoms with E-state index >= 15 is 0 Å². The summed E-state index contributed by atoms with van der Waals surface area (Å²) < 4.78 is 6.76. The number of ether oxygens (including phenoxy) is 1. The van der Waals surface area contributed by atoms with E-state index in [2.05, 4.69) is 10.4 Å². The molecule has 0 unspecified atom stereocenters. The minimum absolute atomic E-state index is 0.0101. The Morgan fingerprint density at radius 2 is 1.92 bits per heavy atom. The predicted molar refractivity (Wildman–Crippen MR) is 96.3 cm³/mol. The molecule has 2 rings (SSSR count). The van der Waals surface area contributed by atoms with Crippen LogP contribution in [0.15, 0.2) is 36.4 Å². The summed E-state index contributed by atoms with van der Waals surface area (Å²) in [5, 5.41) is 7.17. The van der Waals surface area contributed by atoms with E-state index in [1.807, 2.05) is 62.7 Å². The Labute approximate surface area is 147 Å². The highest BCUT2D eigenvalue weighted by Gasteiger charge is 2.11. The molecule has 1 N–H and O–H groups in total. The molecule has 0 atom stereocenters. The Kier molecular flexibility index (Phi) is 6.11. The van der Waals surface area contributed by atoms with Crippen molar-refractivity contribution in [2.24, 2.45) is 0 Å². The van der Waals surface area contributed by atoms with Crippen LogP contribution in [0.2, 0.25) is 0 Å². The molecule has 0 fully saturated rings. The summed E-state index contributed by atoms with van der Waals surface area (Å²) in [6.45, 7) is 7.22. The largest absolute Gasteiger partial charge is 0.452 e. The van der Waals surface area contributed by atoms with Crippen LogP contribution in [-0.2, 0) is 14.3 Å². The van der Waals surface area contributed by atoms with Gasteiger partial charge in [0.2, 0.25) is 0 Å². The number of nitrogens with zero attached hydrogens (tertiary/aromatic N) is 2. The van der Waals surface area contributed by atoms with Gasteiger partial charge in [-0.1, -0.05) is 18.2 Å². The lowest BCUT2D eigenvalue weighted by Crippen LogP contribution is -2.33. The number of carbonyl (C=O) groups is 2. The monoisotopic (exact) mass is 341 g/mol. The van der Waals surface area contributed by atoms with Crippen molar-refractivity contribution in [3.05, 3.63) is 53.4 Å². The van der Waals surface area contributed by atoms with Crippen molar-refractivity contribution in [1.29, 1.82) is 0 Å². The van der Waals surface area contributed by atoms with Gasteiger partial charge >= 0.3 is 5.97 Å². The number of carbonyl (C=O) groups excluding carboxylic acids is 2. The second-order valence-electron chi connectivity index (χ2n) is 6.00. The van der Waals surface area contributed by atoms with E-state index < -0.39 is 5.97 Å². The molecule has 6 nitrogen and oxygen atoms in total. The van der Waals surface area contributed by atoms with Gasteiger partial charge in [-0.25, -0.2) is 9.48 Å². The molecule has 1 aromatic heterocycles. The van der Waals surface area contributed by atoms with Crippen LogP contribution in [0.25, 0.3) is 11.8 Å². The summed E-state index contributed by atoms with van der Waals surface area (Å²) in [7, 11) is 0. The van der Waals surface area contributed by atoms with E-state index in [1.165, 1.54) is 6.08 Å². The molecule has 1 amide bonds. The number of hydrogen-bond acceptors (Lipinski definition) is 4. The van der Waals surface area contributed by atoms with Gasteiger partial charge in [0.25, 0.3) is 5.91 Å². The van der Waals surface area contributed by atoms with Gasteiger partial charge in [0.15, 0.2) is 6.61 Å². The third-order valence-corrected chi connectivity index (χ3v) is 3.53. The van der Waals surface area contributed by atoms with Crippen LogP contribution in [0, 0.1) is 13.8 Å². The van der Waals surface area contributed by atoms with Crippen molar-refractivity contribution in [1.82, 2.24) is 15.1 Å². The molecule has 0 aliphatic heterocycles. The predicted octanol–water partition coefficient (Wildman–Crippen LogP) is 2.57. The highest BCUT2D eigenvalue weighted by Crippen LogP contribution is 2.19. The molecule has 1 heterocycles. The van der Waals surface area contributed by atoms with Gasteiger partial charge in [0, 0.05) is 23.4 Å². The fourth-order valence-electron chi connectivity index (χ4n) is 2.42. The third-order valence-electron chi connectivity index (χ3n) is 3.53. The van der Waals surface area contributed by atoms with E-state index in [0.29, 0.717) is 0 Å². The molecule has 0 spiro atoms. The van der Waals surface area contributed by atoms with Gasteiger partial charge in [0.1, 0.15) is 0 Å². The SMILES string of the molecule is Cc1nn(-c2ccccc2)c(C)c1/C=C/C(=O)OCC(=O)NC(C)C. The van der Waals surface area contributed by atoms with Crippen molar-refractivity contribution >= 4 is 18.0 Å². The van der Waals surface area contributed by atoms with Gasteiger partial charge < -0.3 is 10.1 Å². The first kappa shape index (κ1) is 18.4. The number of esters is 1. The van der Waals surface area contributed by atoms with Crippen LogP contribution < -0.4 is 5.32 Å². The Balaban J connectivity index is 2.05. The topological polar surface area (TPSA) is 73.2 Å². The van der Waals surface area contributed by atoms with E-state index in [9.17, 15) is 9.59 Å². The second kappa shape index (κ2) is 8.28. The van der Waals surface area contributed by atoms with Crippen LogP contribution in [0.4, 0.5) is 0 Å².